The maximum absolute atomic E-state index is 13.1. The van der Waals surface area contributed by atoms with Crippen molar-refractivity contribution in [3.05, 3.63) is 63.2 Å². The Morgan fingerprint density at radius 3 is 2.20 bits per heavy atom. The van der Waals surface area contributed by atoms with Crippen LogP contribution in [0.15, 0.2) is 48.5 Å². The number of carbonyl (C=O) groups excluding carboxylic acids is 3. The number of benzene rings is 2. The number of rotatable bonds is 1. The number of carbonyl (C=O) groups is 3. The number of anilines is 1. The molecule has 4 atom stereocenters. The molecule has 0 spiro atoms. The molecule has 2 fully saturated rings. The highest BCUT2D eigenvalue weighted by Crippen LogP contribution is 2.57. The Hall–Kier alpha value is -2.02. The van der Waals surface area contributed by atoms with E-state index in [2.05, 4.69) is 22.6 Å². The van der Waals surface area contributed by atoms with Crippen molar-refractivity contribution in [1.82, 2.24) is 0 Å². The zero-order valence-corrected chi connectivity index (χ0v) is 15.3. The van der Waals surface area contributed by atoms with Gasteiger partial charge in [0.1, 0.15) is 5.78 Å². The van der Waals surface area contributed by atoms with E-state index >= 15 is 0 Å². The summed E-state index contributed by atoms with van der Waals surface area (Å²) in [6.45, 7) is 0. The number of ketones is 1. The average molecular weight is 443 g/mol. The minimum atomic E-state index is -0.548. The molecular formula is C20H14INO3. The van der Waals surface area contributed by atoms with Gasteiger partial charge in [-0.1, -0.05) is 24.3 Å². The van der Waals surface area contributed by atoms with E-state index in [-0.39, 0.29) is 23.5 Å². The third-order valence-corrected chi connectivity index (χ3v) is 6.49. The van der Waals surface area contributed by atoms with Crippen molar-refractivity contribution >= 4 is 45.9 Å². The Morgan fingerprint density at radius 2 is 1.48 bits per heavy atom. The molecule has 25 heavy (non-hydrogen) atoms. The number of hydrogen-bond acceptors (Lipinski definition) is 3. The SMILES string of the molecule is O=C1C[C@@H]2c3ccccc3[C@H]1[C@H]1C(=O)N(c3ccc(I)cc3)C(=O)[C@@H]12. The van der Waals surface area contributed by atoms with E-state index in [4.69, 9.17) is 0 Å². The minimum absolute atomic E-state index is 0.0931. The molecule has 6 rings (SSSR count). The second-order valence-electron chi connectivity index (χ2n) is 6.92. The summed E-state index contributed by atoms with van der Waals surface area (Å²) in [6, 6.07) is 15.1. The highest BCUT2D eigenvalue weighted by atomic mass is 127. The van der Waals surface area contributed by atoms with Crippen LogP contribution >= 0.6 is 22.6 Å². The van der Waals surface area contributed by atoms with E-state index in [1.807, 2.05) is 36.4 Å². The predicted octanol–water partition coefficient (Wildman–Crippen LogP) is 3.25. The van der Waals surface area contributed by atoms with E-state index in [1.54, 1.807) is 12.1 Å². The van der Waals surface area contributed by atoms with Gasteiger partial charge in [-0.05, 0) is 58.0 Å². The maximum Gasteiger partial charge on any atom is 0.238 e. The molecule has 2 aromatic rings. The van der Waals surface area contributed by atoms with Gasteiger partial charge in [0, 0.05) is 15.9 Å². The van der Waals surface area contributed by atoms with Crippen LogP contribution in [-0.4, -0.2) is 17.6 Å². The summed E-state index contributed by atoms with van der Waals surface area (Å²) in [4.78, 5) is 40.2. The Bertz CT molecular complexity index is 936. The fourth-order valence-electron chi connectivity index (χ4n) is 4.80. The lowest BCUT2D eigenvalue weighted by Gasteiger charge is -2.43. The van der Waals surface area contributed by atoms with Gasteiger partial charge >= 0.3 is 0 Å². The Morgan fingerprint density at radius 1 is 0.840 bits per heavy atom. The summed E-state index contributed by atoms with van der Waals surface area (Å²) in [5.41, 5.74) is 2.61. The second kappa shape index (κ2) is 5.24. The Balaban J connectivity index is 1.65. The first kappa shape index (κ1) is 15.3. The molecule has 124 valence electrons. The lowest BCUT2D eigenvalue weighted by molar-refractivity contribution is -0.134. The van der Waals surface area contributed by atoms with Crippen LogP contribution < -0.4 is 4.90 Å². The first-order valence-electron chi connectivity index (χ1n) is 8.33. The third-order valence-electron chi connectivity index (χ3n) is 5.77. The summed E-state index contributed by atoms with van der Waals surface area (Å²) < 4.78 is 1.04. The van der Waals surface area contributed by atoms with Gasteiger partial charge in [0.05, 0.1) is 23.4 Å². The first-order chi connectivity index (χ1) is 12.1. The van der Waals surface area contributed by atoms with E-state index < -0.39 is 17.8 Å². The van der Waals surface area contributed by atoms with E-state index in [0.717, 1.165) is 14.7 Å². The monoisotopic (exact) mass is 443 g/mol. The summed E-state index contributed by atoms with van der Waals surface area (Å²) in [7, 11) is 0. The standard InChI is InChI=1S/C20H14INO3/c21-10-5-7-11(8-6-10)22-19(24)17-14-9-15(23)16(18(17)20(22)25)13-4-2-1-3-12(13)14/h1-8,14,16-18H,9H2/t14-,16-,17-,18-/m1/s1. The smallest absolute Gasteiger partial charge is 0.238 e. The van der Waals surface area contributed by atoms with Crippen molar-refractivity contribution < 1.29 is 14.4 Å². The molecule has 2 bridgehead atoms. The number of nitrogens with zero attached hydrogens (tertiary/aromatic N) is 1. The molecule has 4 aliphatic rings. The lowest BCUT2D eigenvalue weighted by atomic mass is 9.56. The van der Waals surface area contributed by atoms with Crippen LogP contribution in [0.25, 0.3) is 0 Å². The van der Waals surface area contributed by atoms with Crippen LogP contribution in [0.3, 0.4) is 0 Å². The summed E-state index contributed by atoms with van der Waals surface area (Å²) in [6.07, 6.45) is 0.363. The quantitative estimate of drug-likeness (QED) is 0.503. The fourth-order valence-corrected chi connectivity index (χ4v) is 5.16. The zero-order chi connectivity index (χ0) is 17.3. The molecule has 1 aliphatic heterocycles. The van der Waals surface area contributed by atoms with Crippen molar-refractivity contribution in [1.29, 1.82) is 0 Å². The molecule has 0 aromatic heterocycles. The molecule has 0 radical (unpaired) electrons. The highest BCUT2D eigenvalue weighted by molar-refractivity contribution is 14.1. The van der Waals surface area contributed by atoms with Gasteiger partial charge in [-0.15, -0.1) is 0 Å². The molecular weight excluding hydrogens is 429 g/mol. The van der Waals surface area contributed by atoms with Gasteiger partial charge < -0.3 is 0 Å². The normalized spacial score (nSPS) is 29.8. The van der Waals surface area contributed by atoms with Crippen LogP contribution in [-0.2, 0) is 14.4 Å². The molecule has 2 aromatic carbocycles. The molecule has 0 N–H and O–H groups in total. The van der Waals surface area contributed by atoms with Crippen LogP contribution in [0.2, 0.25) is 0 Å². The number of imide groups is 1. The number of hydrogen-bond donors (Lipinski definition) is 0. The van der Waals surface area contributed by atoms with E-state index in [0.29, 0.717) is 12.1 Å². The largest absolute Gasteiger partial charge is 0.299 e. The third kappa shape index (κ3) is 1.96. The van der Waals surface area contributed by atoms with Gasteiger partial charge in [0.25, 0.3) is 0 Å². The summed E-state index contributed by atoms with van der Waals surface area (Å²) in [5, 5.41) is 0. The minimum Gasteiger partial charge on any atom is -0.299 e. The number of amides is 2. The Labute approximate surface area is 158 Å². The molecule has 1 saturated heterocycles. The molecule has 0 unspecified atom stereocenters. The molecule has 4 nitrogen and oxygen atoms in total. The van der Waals surface area contributed by atoms with Crippen molar-refractivity contribution in [3.8, 4) is 0 Å². The van der Waals surface area contributed by atoms with Gasteiger partial charge in [0.15, 0.2) is 0 Å². The molecule has 2 amide bonds. The number of halogens is 1. The van der Waals surface area contributed by atoms with Crippen LogP contribution in [0.4, 0.5) is 5.69 Å². The van der Waals surface area contributed by atoms with Crippen LogP contribution in [0.1, 0.15) is 29.4 Å². The van der Waals surface area contributed by atoms with E-state index in [9.17, 15) is 14.4 Å². The molecule has 5 heteroatoms. The predicted molar refractivity (Wildman–Crippen MR) is 100 cm³/mol. The van der Waals surface area contributed by atoms with Gasteiger partial charge in [-0.3, -0.25) is 19.3 Å². The van der Waals surface area contributed by atoms with Crippen molar-refractivity contribution in [2.75, 3.05) is 4.90 Å². The van der Waals surface area contributed by atoms with Gasteiger partial charge in [-0.25, -0.2) is 0 Å². The van der Waals surface area contributed by atoms with Crippen molar-refractivity contribution in [2.24, 2.45) is 11.8 Å². The van der Waals surface area contributed by atoms with Crippen molar-refractivity contribution in [2.45, 2.75) is 18.3 Å². The van der Waals surface area contributed by atoms with Crippen LogP contribution in [0.5, 0.6) is 0 Å². The van der Waals surface area contributed by atoms with E-state index in [1.165, 1.54) is 4.90 Å². The molecule has 3 aliphatic carbocycles. The molecule has 1 heterocycles. The number of Topliss-reactive ketones (excluding diaryl/α,β-unsaturated/α-hetero) is 1. The van der Waals surface area contributed by atoms with Crippen LogP contribution in [0, 0.1) is 15.4 Å². The summed E-state index contributed by atoms with van der Waals surface area (Å²) in [5.74, 6) is -1.91. The molecule has 1 saturated carbocycles. The lowest BCUT2D eigenvalue weighted by Crippen LogP contribution is -2.44. The maximum atomic E-state index is 13.1. The number of fused-ring (bicyclic) bond motifs is 1. The van der Waals surface area contributed by atoms with Crippen molar-refractivity contribution in [3.63, 3.8) is 0 Å². The first-order valence-corrected chi connectivity index (χ1v) is 9.40. The average Bonchev–Trinajstić information content (AvgIpc) is 2.88. The Kier molecular flexibility index (Phi) is 3.20. The zero-order valence-electron chi connectivity index (χ0n) is 13.2. The topological polar surface area (TPSA) is 54.5 Å². The van der Waals surface area contributed by atoms with Gasteiger partial charge in [0.2, 0.25) is 11.8 Å². The highest BCUT2D eigenvalue weighted by Gasteiger charge is 2.62. The second-order valence-corrected chi connectivity index (χ2v) is 8.17. The fraction of sp³-hybridized carbons (Fsp3) is 0.250. The van der Waals surface area contributed by atoms with Gasteiger partial charge in [-0.2, -0.15) is 0 Å². The summed E-state index contributed by atoms with van der Waals surface area (Å²) >= 11 is 2.19.